The van der Waals surface area contributed by atoms with Gasteiger partial charge in [0.1, 0.15) is 0 Å². The smallest absolute Gasteiger partial charge is 0.276 e. The molecule has 1 aliphatic carbocycles. The van der Waals surface area contributed by atoms with Gasteiger partial charge in [-0.25, -0.2) is 4.68 Å². The Morgan fingerprint density at radius 3 is 2.61 bits per heavy atom. The monoisotopic (exact) mass is 378 g/mol. The molecule has 1 aromatic carbocycles. The van der Waals surface area contributed by atoms with E-state index in [4.69, 9.17) is 0 Å². The minimum atomic E-state index is -0.0925. The Labute approximate surface area is 165 Å². The van der Waals surface area contributed by atoms with Gasteiger partial charge < -0.3 is 9.80 Å². The lowest BCUT2D eigenvalue weighted by atomic mass is 9.75. The van der Waals surface area contributed by atoms with Crippen LogP contribution in [0.1, 0.15) is 35.4 Å². The first kappa shape index (κ1) is 18.6. The van der Waals surface area contributed by atoms with E-state index < -0.39 is 0 Å². The molecule has 0 aliphatic heterocycles. The Hall–Kier alpha value is -2.80. The standard InChI is InChI=1S/C21H26N6O/c1-15-18(20(28)26(4)14-21(25(2)3)11-7-12-21)23-24-27(15)17-10-5-8-16-9-6-13-22-19(16)17/h5-6,8-10,13H,7,11-12,14H2,1-4H3. The van der Waals surface area contributed by atoms with Crippen molar-refractivity contribution >= 4 is 16.8 Å². The van der Waals surface area contributed by atoms with Crippen molar-refractivity contribution in [2.24, 2.45) is 0 Å². The number of pyridine rings is 1. The van der Waals surface area contributed by atoms with E-state index >= 15 is 0 Å². The first-order valence-corrected chi connectivity index (χ1v) is 9.62. The van der Waals surface area contributed by atoms with Crippen molar-refractivity contribution in [2.45, 2.75) is 31.7 Å². The van der Waals surface area contributed by atoms with Crippen LogP contribution in [-0.2, 0) is 0 Å². The number of fused-ring (bicyclic) bond motifs is 1. The zero-order valence-corrected chi connectivity index (χ0v) is 16.9. The summed E-state index contributed by atoms with van der Waals surface area (Å²) in [5.41, 5.74) is 2.86. The first-order chi connectivity index (χ1) is 13.4. The fourth-order valence-electron chi connectivity index (χ4n) is 4.04. The number of benzene rings is 1. The van der Waals surface area contributed by atoms with Crippen LogP contribution in [0.3, 0.4) is 0 Å². The molecule has 7 nitrogen and oxygen atoms in total. The van der Waals surface area contributed by atoms with Crippen LogP contribution in [-0.4, -0.2) is 68.9 Å². The summed E-state index contributed by atoms with van der Waals surface area (Å²) < 4.78 is 1.71. The van der Waals surface area contributed by atoms with E-state index in [9.17, 15) is 4.79 Å². The number of hydrogen-bond donors (Lipinski definition) is 0. The summed E-state index contributed by atoms with van der Waals surface area (Å²) in [6.07, 6.45) is 5.21. The molecule has 1 saturated carbocycles. The van der Waals surface area contributed by atoms with Crippen LogP contribution in [0.15, 0.2) is 36.5 Å². The van der Waals surface area contributed by atoms with Crippen molar-refractivity contribution in [1.82, 2.24) is 29.8 Å². The SMILES string of the molecule is Cc1c(C(=O)N(C)CC2(N(C)C)CCC2)nnn1-c1cccc2cccnc12. The van der Waals surface area contributed by atoms with Crippen LogP contribution in [0, 0.1) is 6.92 Å². The highest BCUT2D eigenvalue weighted by Crippen LogP contribution is 2.36. The van der Waals surface area contributed by atoms with Gasteiger partial charge in [-0.15, -0.1) is 5.10 Å². The number of rotatable bonds is 5. The predicted octanol–water partition coefficient (Wildman–Crippen LogP) is 2.68. The van der Waals surface area contributed by atoms with Crippen LogP contribution in [0.2, 0.25) is 0 Å². The Morgan fingerprint density at radius 1 is 1.18 bits per heavy atom. The summed E-state index contributed by atoms with van der Waals surface area (Å²) in [4.78, 5) is 21.6. The summed E-state index contributed by atoms with van der Waals surface area (Å²) in [5, 5.41) is 9.52. The second-order valence-corrected chi connectivity index (χ2v) is 7.92. The van der Waals surface area contributed by atoms with E-state index in [-0.39, 0.29) is 11.4 Å². The highest BCUT2D eigenvalue weighted by molar-refractivity contribution is 5.93. The number of para-hydroxylation sites is 1. The number of likely N-dealkylation sites (N-methyl/N-ethyl adjacent to an activating group) is 2. The van der Waals surface area contributed by atoms with Crippen LogP contribution in [0.25, 0.3) is 16.6 Å². The van der Waals surface area contributed by atoms with Gasteiger partial charge in [0.25, 0.3) is 5.91 Å². The van der Waals surface area contributed by atoms with Crippen molar-refractivity contribution in [2.75, 3.05) is 27.7 Å². The summed E-state index contributed by atoms with van der Waals surface area (Å²) in [6.45, 7) is 2.58. The maximum Gasteiger partial charge on any atom is 0.276 e. The number of hydrogen-bond acceptors (Lipinski definition) is 5. The lowest BCUT2D eigenvalue weighted by Crippen LogP contribution is -2.57. The molecule has 0 atom stereocenters. The van der Waals surface area contributed by atoms with E-state index in [0.717, 1.165) is 35.1 Å². The number of carbonyl (C=O) groups excluding carboxylic acids is 1. The number of amides is 1. The molecule has 7 heteroatoms. The fraction of sp³-hybridized carbons (Fsp3) is 0.429. The third-order valence-electron chi connectivity index (χ3n) is 6.05. The van der Waals surface area contributed by atoms with Gasteiger partial charge in [-0.3, -0.25) is 9.78 Å². The fourth-order valence-corrected chi connectivity index (χ4v) is 4.04. The quantitative estimate of drug-likeness (QED) is 0.683. The molecule has 2 heterocycles. The molecular weight excluding hydrogens is 352 g/mol. The molecule has 28 heavy (non-hydrogen) atoms. The average Bonchev–Trinajstić information content (AvgIpc) is 3.04. The van der Waals surface area contributed by atoms with Crippen molar-refractivity contribution in [3.8, 4) is 5.69 Å². The van der Waals surface area contributed by atoms with E-state index in [1.54, 1.807) is 15.8 Å². The molecule has 146 valence electrons. The van der Waals surface area contributed by atoms with Crippen LogP contribution < -0.4 is 0 Å². The first-order valence-electron chi connectivity index (χ1n) is 9.62. The zero-order chi connectivity index (χ0) is 19.9. The van der Waals surface area contributed by atoms with E-state index in [0.29, 0.717) is 12.2 Å². The van der Waals surface area contributed by atoms with Gasteiger partial charge in [-0.1, -0.05) is 23.4 Å². The van der Waals surface area contributed by atoms with Gasteiger partial charge in [-0.2, -0.15) is 0 Å². The van der Waals surface area contributed by atoms with E-state index in [1.807, 2.05) is 44.3 Å². The molecule has 1 aliphatic rings. The maximum atomic E-state index is 13.1. The number of carbonyl (C=O) groups is 1. The average molecular weight is 378 g/mol. The van der Waals surface area contributed by atoms with Crippen LogP contribution in [0.4, 0.5) is 0 Å². The molecule has 1 amide bonds. The van der Waals surface area contributed by atoms with E-state index in [1.165, 1.54) is 6.42 Å². The van der Waals surface area contributed by atoms with Crippen LogP contribution in [0.5, 0.6) is 0 Å². The van der Waals surface area contributed by atoms with Gasteiger partial charge in [0.2, 0.25) is 0 Å². The molecule has 1 fully saturated rings. The molecule has 0 saturated heterocycles. The van der Waals surface area contributed by atoms with Gasteiger partial charge in [0.05, 0.1) is 16.9 Å². The molecule has 0 bridgehead atoms. The van der Waals surface area contributed by atoms with Crippen molar-refractivity contribution < 1.29 is 4.79 Å². The molecule has 0 radical (unpaired) electrons. The number of nitrogens with zero attached hydrogens (tertiary/aromatic N) is 6. The molecule has 0 spiro atoms. The van der Waals surface area contributed by atoms with E-state index in [2.05, 4.69) is 34.3 Å². The van der Waals surface area contributed by atoms with Crippen molar-refractivity contribution in [3.05, 3.63) is 47.9 Å². The topological polar surface area (TPSA) is 67.2 Å². The summed E-state index contributed by atoms with van der Waals surface area (Å²) in [5.74, 6) is -0.0925. The molecular formula is C21H26N6O. The second kappa shape index (κ2) is 6.98. The maximum absolute atomic E-state index is 13.1. The summed E-state index contributed by atoms with van der Waals surface area (Å²) in [6, 6.07) is 9.84. The highest BCUT2D eigenvalue weighted by atomic mass is 16.2. The lowest BCUT2D eigenvalue weighted by Gasteiger charge is -2.49. The number of aromatic nitrogens is 4. The van der Waals surface area contributed by atoms with Gasteiger partial charge in [0.15, 0.2) is 5.69 Å². The Bertz CT molecular complexity index is 1020. The third kappa shape index (κ3) is 2.96. The minimum Gasteiger partial charge on any atom is -0.338 e. The molecule has 4 rings (SSSR count). The summed E-state index contributed by atoms with van der Waals surface area (Å²) >= 11 is 0. The van der Waals surface area contributed by atoms with Crippen molar-refractivity contribution in [1.29, 1.82) is 0 Å². The predicted molar refractivity (Wildman–Crippen MR) is 109 cm³/mol. The van der Waals surface area contributed by atoms with Gasteiger partial charge >= 0.3 is 0 Å². The minimum absolute atomic E-state index is 0.0772. The third-order valence-corrected chi connectivity index (χ3v) is 6.05. The Morgan fingerprint density at radius 2 is 1.93 bits per heavy atom. The van der Waals surface area contributed by atoms with Gasteiger partial charge in [-0.05, 0) is 52.4 Å². The molecule has 0 N–H and O–H groups in total. The van der Waals surface area contributed by atoms with Gasteiger partial charge in [0, 0.05) is 30.7 Å². The summed E-state index contributed by atoms with van der Waals surface area (Å²) in [7, 11) is 6.03. The highest BCUT2D eigenvalue weighted by Gasteiger charge is 2.41. The van der Waals surface area contributed by atoms with Crippen molar-refractivity contribution in [3.63, 3.8) is 0 Å². The Kier molecular flexibility index (Phi) is 4.63. The molecule has 3 aromatic rings. The Balaban J connectivity index is 1.64. The molecule has 0 unspecified atom stereocenters. The molecule has 2 aromatic heterocycles. The zero-order valence-electron chi connectivity index (χ0n) is 16.9. The second-order valence-electron chi connectivity index (χ2n) is 7.92. The normalized spacial score (nSPS) is 15.6. The van der Waals surface area contributed by atoms with Crippen LogP contribution >= 0.6 is 0 Å². The largest absolute Gasteiger partial charge is 0.338 e. The lowest BCUT2D eigenvalue weighted by molar-refractivity contribution is 0.0250.